The molecule has 11 nitrogen and oxygen atoms in total. The molecule has 0 aromatic carbocycles. The highest BCUT2D eigenvalue weighted by molar-refractivity contribution is 7.16. The van der Waals surface area contributed by atoms with Gasteiger partial charge < -0.3 is 20.6 Å². The molecule has 1 amide bonds. The van der Waals surface area contributed by atoms with E-state index in [9.17, 15) is 9.90 Å². The highest BCUT2D eigenvalue weighted by Crippen LogP contribution is 2.33. The first-order chi connectivity index (χ1) is 16.0. The van der Waals surface area contributed by atoms with Crippen molar-refractivity contribution < 1.29 is 9.90 Å². The van der Waals surface area contributed by atoms with Crippen LogP contribution in [0.25, 0.3) is 16.2 Å². The lowest BCUT2D eigenvalue weighted by atomic mass is 10.2. The Bertz CT molecular complexity index is 1300. The molecule has 1 aliphatic heterocycles. The average Bonchev–Trinajstić information content (AvgIpc) is 3.53. The van der Waals surface area contributed by atoms with Crippen LogP contribution < -0.4 is 10.6 Å². The lowest BCUT2D eigenvalue weighted by molar-refractivity contribution is 0.0763. The third-order valence-electron chi connectivity index (χ3n) is 5.15. The Morgan fingerprint density at radius 2 is 2.12 bits per heavy atom. The summed E-state index contributed by atoms with van der Waals surface area (Å²) in [6.07, 6.45) is 5.28. The van der Waals surface area contributed by atoms with E-state index in [1.54, 1.807) is 28.0 Å². The number of carbonyl (C=O) groups excluding carboxylic acids is 1. The van der Waals surface area contributed by atoms with Gasteiger partial charge in [-0.2, -0.15) is 0 Å². The maximum absolute atomic E-state index is 12.7. The van der Waals surface area contributed by atoms with Crippen molar-refractivity contribution in [3.63, 3.8) is 0 Å². The fraction of sp³-hybridized carbons (Fsp3) is 0.333. The minimum absolute atomic E-state index is 0.166. The molecule has 3 N–H and O–H groups in total. The molecule has 33 heavy (non-hydrogen) atoms. The molecule has 1 saturated heterocycles. The van der Waals surface area contributed by atoms with Crippen LogP contribution in [0.15, 0.2) is 36.8 Å². The van der Waals surface area contributed by atoms with Crippen LogP contribution in [0, 0.1) is 0 Å². The van der Waals surface area contributed by atoms with Gasteiger partial charge in [0.05, 0.1) is 11.7 Å². The highest BCUT2D eigenvalue weighted by atomic mass is 32.1. The van der Waals surface area contributed by atoms with Gasteiger partial charge in [-0.25, -0.2) is 14.5 Å². The topological polar surface area (TPSA) is 133 Å². The van der Waals surface area contributed by atoms with Crippen LogP contribution in [-0.2, 0) is 0 Å². The molecule has 0 bridgehead atoms. The number of rotatable bonds is 6. The summed E-state index contributed by atoms with van der Waals surface area (Å²) in [5.74, 6) is 1.04. The second-order valence-corrected chi connectivity index (χ2v) is 9.07. The predicted molar refractivity (Wildman–Crippen MR) is 125 cm³/mol. The summed E-state index contributed by atoms with van der Waals surface area (Å²) in [5.41, 5.74) is 2.33. The summed E-state index contributed by atoms with van der Waals surface area (Å²) >= 11 is 1.22. The van der Waals surface area contributed by atoms with Crippen LogP contribution in [0.4, 0.5) is 17.3 Å². The number of pyridine rings is 1. The Hall–Kier alpha value is -3.64. The van der Waals surface area contributed by atoms with Crippen molar-refractivity contribution in [2.24, 2.45) is 0 Å². The van der Waals surface area contributed by atoms with E-state index in [1.165, 1.54) is 11.3 Å². The summed E-state index contributed by atoms with van der Waals surface area (Å²) in [4.78, 5) is 23.0. The van der Waals surface area contributed by atoms with Crippen LogP contribution >= 0.6 is 11.3 Å². The molecule has 0 aliphatic carbocycles. The molecule has 5 rings (SSSR count). The number of β-amino-alcohol motifs (C(OH)–C–C–N with tert-alkyl or cyclic N) is 1. The summed E-state index contributed by atoms with van der Waals surface area (Å²) in [6.45, 7) is 4.93. The number of nitrogens with one attached hydrogen (secondary N) is 2. The number of carbonyl (C=O) groups is 1. The normalized spacial score (nSPS) is 16.0. The van der Waals surface area contributed by atoms with E-state index in [1.807, 2.05) is 32.0 Å². The molecule has 0 spiro atoms. The predicted octanol–water partition coefficient (Wildman–Crippen LogP) is 2.41. The molecule has 1 aliphatic rings. The molecule has 170 valence electrons. The smallest absolute Gasteiger partial charge is 0.284 e. The molecule has 12 heteroatoms. The van der Waals surface area contributed by atoms with Gasteiger partial charge in [0.15, 0.2) is 16.5 Å². The van der Waals surface area contributed by atoms with Gasteiger partial charge in [0.25, 0.3) is 5.91 Å². The van der Waals surface area contributed by atoms with Gasteiger partial charge in [-0.05, 0) is 32.4 Å². The Labute approximate surface area is 193 Å². The van der Waals surface area contributed by atoms with Crippen LogP contribution in [0.3, 0.4) is 0 Å². The zero-order valence-corrected chi connectivity index (χ0v) is 19.0. The molecule has 1 atom stereocenters. The van der Waals surface area contributed by atoms with Gasteiger partial charge in [0.2, 0.25) is 5.01 Å². The maximum atomic E-state index is 12.7. The zero-order chi connectivity index (χ0) is 22.9. The number of imidazole rings is 1. The van der Waals surface area contributed by atoms with Crippen LogP contribution in [-0.4, -0.2) is 70.9 Å². The molecule has 0 saturated carbocycles. The SMILES string of the molecule is CC(C)Nc1cc(Nc2ccc3nccn3n2)ncc1-c1nnc(C(=O)N2CC[C@@H](O)C2)s1. The second kappa shape index (κ2) is 8.71. The van der Waals surface area contributed by atoms with Crippen molar-refractivity contribution >= 4 is 40.2 Å². The number of fused-ring (bicyclic) bond motifs is 1. The molecule has 1 fully saturated rings. The average molecular weight is 466 g/mol. The van der Waals surface area contributed by atoms with Gasteiger partial charge in [-0.15, -0.1) is 15.3 Å². The minimum Gasteiger partial charge on any atom is -0.391 e. The largest absolute Gasteiger partial charge is 0.391 e. The quantitative estimate of drug-likeness (QED) is 0.392. The fourth-order valence-electron chi connectivity index (χ4n) is 3.62. The molecular formula is C21H23N9O2S. The van der Waals surface area contributed by atoms with E-state index in [0.29, 0.717) is 41.2 Å². The lowest BCUT2D eigenvalue weighted by Gasteiger charge is -2.15. The molecule has 4 aromatic heterocycles. The van der Waals surface area contributed by atoms with E-state index >= 15 is 0 Å². The Kier molecular flexibility index (Phi) is 5.60. The first-order valence-corrected chi connectivity index (χ1v) is 11.4. The number of likely N-dealkylation sites (tertiary alicyclic amines) is 1. The summed E-state index contributed by atoms with van der Waals surface area (Å²) < 4.78 is 1.68. The number of aliphatic hydroxyl groups excluding tert-OH is 1. The van der Waals surface area contributed by atoms with Gasteiger partial charge in [0.1, 0.15) is 5.82 Å². The van der Waals surface area contributed by atoms with Gasteiger partial charge >= 0.3 is 0 Å². The van der Waals surface area contributed by atoms with E-state index in [-0.39, 0.29) is 11.9 Å². The molecular weight excluding hydrogens is 442 g/mol. The first kappa shape index (κ1) is 21.2. The van der Waals surface area contributed by atoms with Gasteiger partial charge in [-0.1, -0.05) is 11.3 Å². The van der Waals surface area contributed by atoms with E-state index in [2.05, 4.69) is 35.9 Å². The number of aliphatic hydroxyl groups is 1. The van der Waals surface area contributed by atoms with Crippen LogP contribution in [0.1, 0.15) is 30.1 Å². The Morgan fingerprint density at radius 3 is 2.91 bits per heavy atom. The number of hydrogen-bond donors (Lipinski definition) is 3. The van der Waals surface area contributed by atoms with Crippen molar-refractivity contribution in [2.75, 3.05) is 23.7 Å². The number of nitrogens with zero attached hydrogens (tertiary/aromatic N) is 7. The van der Waals surface area contributed by atoms with E-state index in [4.69, 9.17) is 0 Å². The number of aromatic nitrogens is 6. The lowest BCUT2D eigenvalue weighted by Crippen LogP contribution is -2.29. The molecule has 0 unspecified atom stereocenters. The molecule has 4 aromatic rings. The standard InChI is InChI=1S/C21H23N9O2S/c1-12(2)24-15-9-17(25-16-3-4-18-22-6-8-30(18)28-16)23-10-14(15)19-26-27-20(33-19)21(32)29-7-5-13(31)11-29/h3-4,6,8-10,12-13,31H,5,7,11H2,1-2H3,(H2,23,24,25,28)/t13-/m1/s1. The highest BCUT2D eigenvalue weighted by Gasteiger charge is 2.28. The van der Waals surface area contributed by atoms with Crippen molar-refractivity contribution in [3.05, 3.63) is 41.8 Å². The number of hydrogen-bond acceptors (Lipinski definition) is 10. The van der Waals surface area contributed by atoms with Crippen molar-refractivity contribution in [3.8, 4) is 10.6 Å². The number of amides is 1. The Morgan fingerprint density at radius 1 is 1.24 bits per heavy atom. The summed E-state index contributed by atoms with van der Waals surface area (Å²) in [6, 6.07) is 5.76. The number of anilines is 3. The van der Waals surface area contributed by atoms with Gasteiger partial charge in [-0.3, -0.25) is 4.79 Å². The van der Waals surface area contributed by atoms with Crippen molar-refractivity contribution in [1.82, 2.24) is 34.7 Å². The minimum atomic E-state index is -0.476. The summed E-state index contributed by atoms with van der Waals surface area (Å²) in [7, 11) is 0. The van der Waals surface area contributed by atoms with E-state index < -0.39 is 6.10 Å². The van der Waals surface area contributed by atoms with Gasteiger partial charge in [0, 0.05) is 49.5 Å². The first-order valence-electron chi connectivity index (χ1n) is 10.6. The van der Waals surface area contributed by atoms with Crippen molar-refractivity contribution in [1.29, 1.82) is 0 Å². The van der Waals surface area contributed by atoms with E-state index in [0.717, 1.165) is 16.9 Å². The van der Waals surface area contributed by atoms with Crippen LogP contribution in [0.5, 0.6) is 0 Å². The van der Waals surface area contributed by atoms with Crippen molar-refractivity contribution in [2.45, 2.75) is 32.4 Å². The fourth-order valence-corrected chi connectivity index (χ4v) is 4.45. The summed E-state index contributed by atoms with van der Waals surface area (Å²) in [5, 5.41) is 30.1. The Balaban J connectivity index is 1.41. The monoisotopic (exact) mass is 465 g/mol. The van der Waals surface area contributed by atoms with Crippen LogP contribution in [0.2, 0.25) is 0 Å². The molecule has 0 radical (unpaired) electrons. The molecule has 5 heterocycles. The third-order valence-corrected chi connectivity index (χ3v) is 6.09. The second-order valence-electron chi connectivity index (χ2n) is 8.09. The third kappa shape index (κ3) is 4.47. The maximum Gasteiger partial charge on any atom is 0.284 e. The zero-order valence-electron chi connectivity index (χ0n) is 18.1.